The second-order valence-corrected chi connectivity index (χ2v) is 9.65. The number of carbonyl (C=O) groups is 1. The highest BCUT2D eigenvalue weighted by Crippen LogP contribution is 2.55. The van der Waals surface area contributed by atoms with Crippen LogP contribution in [-0.2, 0) is 10.3 Å². The Morgan fingerprint density at radius 1 is 1.36 bits per heavy atom. The lowest BCUT2D eigenvalue weighted by molar-refractivity contribution is 0.102. The average Bonchev–Trinajstić information content (AvgIpc) is 3.42. The van der Waals surface area contributed by atoms with Crippen molar-refractivity contribution < 1.29 is 18.3 Å². The molecule has 0 saturated carbocycles. The van der Waals surface area contributed by atoms with Crippen LogP contribution in [-0.4, -0.2) is 49.7 Å². The fraction of sp³-hybridized carbons (Fsp3) is 0.304. The highest BCUT2D eigenvalue weighted by molar-refractivity contribution is 8.14. The minimum absolute atomic E-state index is 0.00846. The summed E-state index contributed by atoms with van der Waals surface area (Å²) >= 11 is 1.20. The van der Waals surface area contributed by atoms with Gasteiger partial charge in [-0.25, -0.2) is 23.7 Å². The number of nitrogens with two attached hydrogens (primary N) is 1. The van der Waals surface area contributed by atoms with Gasteiger partial charge in [-0.05, 0) is 25.1 Å². The Bertz CT molecular complexity index is 1330. The third kappa shape index (κ3) is 4.47. The number of nitrogens with zero attached hydrogens (tertiary/aromatic N) is 5. The fourth-order valence-corrected chi connectivity index (χ4v) is 5.27. The average molecular weight is 513 g/mol. The van der Waals surface area contributed by atoms with Crippen LogP contribution < -0.4 is 15.8 Å². The van der Waals surface area contributed by atoms with Gasteiger partial charge in [0.2, 0.25) is 5.88 Å². The van der Waals surface area contributed by atoms with Crippen molar-refractivity contribution >= 4 is 28.5 Å². The van der Waals surface area contributed by atoms with Crippen LogP contribution in [0.15, 0.2) is 41.8 Å². The molecule has 4 rings (SSSR count). The van der Waals surface area contributed by atoms with Crippen LogP contribution >= 0.6 is 11.8 Å². The van der Waals surface area contributed by atoms with Gasteiger partial charge < -0.3 is 15.8 Å². The number of hydrogen-bond acceptors (Lipinski definition) is 9. The summed E-state index contributed by atoms with van der Waals surface area (Å²) < 4.78 is 34.4. The van der Waals surface area contributed by atoms with E-state index in [-0.39, 0.29) is 34.6 Å². The van der Waals surface area contributed by atoms with Crippen LogP contribution in [0, 0.1) is 24.1 Å². The molecule has 13 heteroatoms. The number of aromatic nitrogens is 5. The normalized spacial score (nSPS) is 23.4. The molecule has 36 heavy (non-hydrogen) atoms. The van der Waals surface area contributed by atoms with Crippen molar-refractivity contribution in [2.75, 3.05) is 18.6 Å². The monoisotopic (exact) mass is 512 g/mol. The third-order valence-corrected chi connectivity index (χ3v) is 7.44. The Labute approximate surface area is 209 Å². The molecule has 0 radical (unpaired) electrons. The molecule has 4 N–H and O–H groups in total. The van der Waals surface area contributed by atoms with Crippen LogP contribution in [0.2, 0.25) is 0 Å². The third-order valence-electron chi connectivity index (χ3n) is 6.15. The number of H-pyrrole nitrogens is 1. The lowest BCUT2D eigenvalue weighted by Gasteiger charge is -2.46. The number of nitrogens with one attached hydrogen (secondary N) is 2. The number of rotatable bonds is 7. The number of anilines is 1. The molecule has 0 spiro atoms. The number of halogens is 2. The molecule has 1 amide bonds. The maximum atomic E-state index is 15.2. The SMILES string of the molecule is C#CCOc1cnc(C(=O)Nc2ccc(F)c([C@@]3(CF)N=C(N)S[C@](C)(c4cn[nH]n4)[C@H]3C)c2)cn1. The predicted molar refractivity (Wildman–Crippen MR) is 130 cm³/mol. The predicted octanol–water partition coefficient (Wildman–Crippen LogP) is 2.78. The molecule has 1 aliphatic rings. The number of carbonyl (C=O) groups excluding carboxylic acids is 1. The van der Waals surface area contributed by atoms with Gasteiger partial charge in [0.15, 0.2) is 11.8 Å². The molecule has 0 fully saturated rings. The number of amides is 1. The molecule has 3 aromatic rings. The highest BCUT2D eigenvalue weighted by atomic mass is 32.2. The molecule has 2 aromatic heterocycles. The smallest absolute Gasteiger partial charge is 0.275 e. The van der Waals surface area contributed by atoms with Gasteiger partial charge in [-0.1, -0.05) is 24.6 Å². The standard InChI is InChI=1S/C23H22F2N8O2S/c1-4-7-35-19-11-27-17(9-28-19)20(34)30-14-5-6-16(25)15(8-14)23(12-24)13(2)22(3,36-21(26)31-23)18-10-29-33-32-18/h1,5-6,8-11,13H,7,12H2,2-3H3,(H2,26,31)(H,30,34)(H,29,32,33)/t13-,22+,23+/m1/s1. The first-order chi connectivity index (χ1) is 17.2. The summed E-state index contributed by atoms with van der Waals surface area (Å²) in [6.45, 7) is 2.54. The first kappa shape index (κ1) is 25.1. The van der Waals surface area contributed by atoms with E-state index in [1.807, 2.05) is 6.92 Å². The van der Waals surface area contributed by atoms with Crippen molar-refractivity contribution in [3.63, 3.8) is 0 Å². The lowest BCUT2D eigenvalue weighted by atomic mass is 9.72. The molecule has 1 aromatic carbocycles. The van der Waals surface area contributed by atoms with Crippen molar-refractivity contribution in [1.29, 1.82) is 0 Å². The van der Waals surface area contributed by atoms with Gasteiger partial charge in [-0.15, -0.1) is 6.42 Å². The summed E-state index contributed by atoms with van der Waals surface area (Å²) in [5.41, 5.74) is 5.09. The summed E-state index contributed by atoms with van der Waals surface area (Å²) in [6, 6.07) is 3.84. The zero-order valence-electron chi connectivity index (χ0n) is 19.3. The van der Waals surface area contributed by atoms with Gasteiger partial charge >= 0.3 is 0 Å². The van der Waals surface area contributed by atoms with Gasteiger partial charge in [0, 0.05) is 17.2 Å². The number of benzene rings is 1. The number of amidine groups is 1. The number of alkyl halides is 1. The van der Waals surface area contributed by atoms with Gasteiger partial charge in [0.25, 0.3) is 5.91 Å². The van der Waals surface area contributed by atoms with E-state index in [2.05, 4.69) is 41.6 Å². The maximum Gasteiger partial charge on any atom is 0.275 e. The molecule has 3 atom stereocenters. The Kier molecular flexibility index (Phi) is 6.89. The van der Waals surface area contributed by atoms with Crippen molar-refractivity contribution in [2.45, 2.75) is 24.1 Å². The zero-order valence-corrected chi connectivity index (χ0v) is 20.1. The first-order valence-corrected chi connectivity index (χ1v) is 11.5. The van der Waals surface area contributed by atoms with Crippen LogP contribution in [0.3, 0.4) is 0 Å². The van der Waals surface area contributed by atoms with Gasteiger partial charge in [0.1, 0.15) is 23.7 Å². The Hall–Kier alpha value is -4.05. The lowest BCUT2D eigenvalue weighted by Crippen LogP contribution is -2.50. The van der Waals surface area contributed by atoms with E-state index < -0.39 is 34.6 Å². The van der Waals surface area contributed by atoms with E-state index in [0.717, 1.165) is 6.07 Å². The molecule has 1 aliphatic heterocycles. The van der Waals surface area contributed by atoms with E-state index in [9.17, 15) is 9.18 Å². The van der Waals surface area contributed by atoms with Crippen LogP contribution in [0.5, 0.6) is 5.88 Å². The molecular formula is C23H22F2N8O2S. The zero-order chi connectivity index (χ0) is 25.9. The van der Waals surface area contributed by atoms with Crippen LogP contribution in [0.1, 0.15) is 35.6 Å². The minimum Gasteiger partial charge on any atom is -0.463 e. The van der Waals surface area contributed by atoms with E-state index >= 15 is 4.39 Å². The molecular weight excluding hydrogens is 490 g/mol. The van der Waals surface area contributed by atoms with E-state index in [1.54, 1.807) is 6.92 Å². The van der Waals surface area contributed by atoms with Crippen molar-refractivity contribution in [3.8, 4) is 18.2 Å². The van der Waals surface area contributed by atoms with Crippen molar-refractivity contribution in [1.82, 2.24) is 25.4 Å². The largest absolute Gasteiger partial charge is 0.463 e. The fourth-order valence-electron chi connectivity index (χ4n) is 4.06. The summed E-state index contributed by atoms with van der Waals surface area (Å²) in [5, 5.41) is 13.3. The summed E-state index contributed by atoms with van der Waals surface area (Å²) in [7, 11) is 0. The molecule has 0 bridgehead atoms. The number of hydrogen-bond donors (Lipinski definition) is 3. The van der Waals surface area contributed by atoms with Gasteiger partial charge in [0.05, 0.1) is 29.0 Å². The van der Waals surface area contributed by atoms with E-state index in [1.165, 1.54) is 42.5 Å². The molecule has 10 nitrogen and oxygen atoms in total. The Morgan fingerprint density at radius 3 is 2.81 bits per heavy atom. The van der Waals surface area contributed by atoms with E-state index in [0.29, 0.717) is 5.69 Å². The van der Waals surface area contributed by atoms with Gasteiger partial charge in [-0.2, -0.15) is 15.4 Å². The van der Waals surface area contributed by atoms with Crippen LogP contribution in [0.4, 0.5) is 14.5 Å². The Balaban J connectivity index is 1.67. The topological polar surface area (TPSA) is 144 Å². The molecule has 3 heterocycles. The Morgan fingerprint density at radius 2 is 2.17 bits per heavy atom. The van der Waals surface area contributed by atoms with Gasteiger partial charge in [-0.3, -0.25) is 4.79 Å². The molecule has 0 saturated heterocycles. The van der Waals surface area contributed by atoms with Crippen LogP contribution in [0.25, 0.3) is 0 Å². The minimum atomic E-state index is -1.68. The molecule has 0 unspecified atom stereocenters. The summed E-state index contributed by atoms with van der Waals surface area (Å²) in [5.74, 6) is 0.538. The quantitative estimate of drug-likeness (QED) is 0.410. The first-order valence-electron chi connectivity index (χ1n) is 10.7. The maximum absolute atomic E-state index is 15.2. The summed E-state index contributed by atoms with van der Waals surface area (Å²) in [6.07, 6.45) is 9.11. The van der Waals surface area contributed by atoms with Crippen molar-refractivity contribution in [2.24, 2.45) is 16.6 Å². The number of aromatic amines is 1. The number of aliphatic imine (C=N–C) groups is 1. The van der Waals surface area contributed by atoms with E-state index in [4.69, 9.17) is 16.9 Å². The number of terminal acetylenes is 1. The second-order valence-electron chi connectivity index (χ2n) is 8.18. The molecule has 186 valence electrons. The highest BCUT2D eigenvalue weighted by Gasteiger charge is 2.54. The van der Waals surface area contributed by atoms with Crippen molar-refractivity contribution in [3.05, 3.63) is 59.6 Å². The molecule has 0 aliphatic carbocycles. The second kappa shape index (κ2) is 9.90. The number of ether oxygens (including phenoxy) is 1. The number of thioether (sulfide) groups is 1. The summed E-state index contributed by atoms with van der Waals surface area (Å²) in [4.78, 5) is 25.1.